The third-order valence-electron chi connectivity index (χ3n) is 3.42. The zero-order chi connectivity index (χ0) is 15.9. The van der Waals surface area contributed by atoms with Crippen LogP contribution in [0.15, 0.2) is 0 Å². The minimum absolute atomic E-state index is 0.0124. The van der Waals surface area contributed by atoms with Gasteiger partial charge >= 0.3 is 15.2 Å². The van der Waals surface area contributed by atoms with Crippen LogP contribution >= 0.6 is 27.0 Å². The molecule has 10 heteroatoms. The average Bonchev–Trinajstić information content (AvgIpc) is 2.09. The van der Waals surface area contributed by atoms with E-state index >= 15 is 0 Å². The highest BCUT2D eigenvalue weighted by molar-refractivity contribution is 8.00. The van der Waals surface area contributed by atoms with E-state index in [2.05, 4.69) is 0 Å². The topological polar surface area (TPSA) is 118 Å². The van der Waals surface area contributed by atoms with Crippen molar-refractivity contribution in [3.05, 3.63) is 0 Å². The predicted octanol–water partition coefficient (Wildman–Crippen LogP) is 1.48. The van der Waals surface area contributed by atoms with Crippen LogP contribution in [0.4, 0.5) is 0 Å². The Hall–Kier alpha value is 0.610. The summed E-state index contributed by atoms with van der Waals surface area (Å²) in [6.07, 6.45) is 0. The fraction of sp³-hybridized carbons (Fsp3) is 1.00. The van der Waals surface area contributed by atoms with E-state index in [9.17, 15) is 28.7 Å². The molecule has 1 atom stereocenters. The van der Waals surface area contributed by atoms with Crippen molar-refractivity contribution in [2.24, 2.45) is 5.92 Å². The quantitative estimate of drug-likeness (QED) is 0.565. The molecule has 1 rings (SSSR count). The van der Waals surface area contributed by atoms with Crippen molar-refractivity contribution in [2.75, 3.05) is 12.3 Å². The van der Waals surface area contributed by atoms with Gasteiger partial charge in [0.2, 0.25) is 5.52 Å². The van der Waals surface area contributed by atoms with E-state index in [4.69, 9.17) is 0 Å². The molecule has 1 aliphatic rings. The van der Waals surface area contributed by atoms with Gasteiger partial charge in [-0.05, 0) is 19.8 Å². The molecule has 1 heterocycles. The summed E-state index contributed by atoms with van der Waals surface area (Å²) in [7, 11) is -9.89. The van der Waals surface area contributed by atoms with Crippen LogP contribution in [-0.4, -0.2) is 53.1 Å². The Balaban J connectivity index is 3.31. The van der Waals surface area contributed by atoms with Gasteiger partial charge in [-0.2, -0.15) is 11.8 Å². The number of hydrogen-bond acceptors (Lipinski definition) is 4. The van der Waals surface area contributed by atoms with Gasteiger partial charge in [-0.3, -0.25) is 14.0 Å². The van der Waals surface area contributed by atoms with Crippen LogP contribution < -0.4 is 0 Å². The van der Waals surface area contributed by atoms with E-state index in [0.29, 0.717) is 5.75 Å². The number of rotatable bonds is 4. The molecule has 0 saturated carbocycles. The van der Waals surface area contributed by atoms with E-state index < -0.39 is 20.7 Å². The zero-order valence-electron chi connectivity index (χ0n) is 12.0. The zero-order valence-corrected chi connectivity index (χ0v) is 14.6. The van der Waals surface area contributed by atoms with Gasteiger partial charge in [-0.15, -0.1) is 0 Å². The van der Waals surface area contributed by atoms with Crippen LogP contribution in [0.1, 0.15) is 27.7 Å². The molecule has 0 aromatic rings. The Kier molecular flexibility index (Phi) is 5.61. The van der Waals surface area contributed by atoms with Crippen LogP contribution in [0.3, 0.4) is 0 Å². The Labute approximate surface area is 123 Å². The van der Waals surface area contributed by atoms with Gasteiger partial charge in [0.1, 0.15) is 0 Å². The molecule has 120 valence electrons. The first-order valence-corrected chi connectivity index (χ1v) is 10.6. The van der Waals surface area contributed by atoms with Crippen LogP contribution in [0.2, 0.25) is 0 Å². The van der Waals surface area contributed by atoms with Gasteiger partial charge in [0.25, 0.3) is 0 Å². The molecule has 0 aromatic heterocycles. The monoisotopic (exact) mass is 347 g/mol. The SMILES string of the molecule is CC(C)C1N(C(P(=O)(O)O)P(=O)(O)O)CCSC1(C)C. The van der Waals surface area contributed by atoms with Crippen LogP contribution in [0.25, 0.3) is 0 Å². The van der Waals surface area contributed by atoms with Gasteiger partial charge in [-0.1, -0.05) is 13.8 Å². The molecule has 7 nitrogen and oxygen atoms in total. The van der Waals surface area contributed by atoms with Crippen molar-refractivity contribution in [3.8, 4) is 0 Å². The Morgan fingerprint density at radius 3 is 1.95 bits per heavy atom. The van der Waals surface area contributed by atoms with Gasteiger partial charge < -0.3 is 19.6 Å². The Morgan fingerprint density at radius 1 is 1.15 bits per heavy atom. The number of nitrogens with zero attached hydrogens (tertiary/aromatic N) is 1. The van der Waals surface area contributed by atoms with Gasteiger partial charge in [0, 0.05) is 23.1 Å². The maximum atomic E-state index is 11.6. The summed E-state index contributed by atoms with van der Waals surface area (Å²) in [5.74, 6) is 0.589. The van der Waals surface area contributed by atoms with Crippen molar-refractivity contribution in [1.82, 2.24) is 4.90 Å². The largest absolute Gasteiger partial charge is 0.354 e. The maximum Gasteiger partial charge on any atom is 0.354 e. The van der Waals surface area contributed by atoms with Crippen molar-refractivity contribution >= 4 is 27.0 Å². The van der Waals surface area contributed by atoms with Crippen molar-refractivity contribution in [3.63, 3.8) is 0 Å². The first kappa shape index (κ1) is 18.7. The molecule has 0 aliphatic carbocycles. The Bertz CT molecular complexity index is 423. The van der Waals surface area contributed by atoms with Crippen LogP contribution in [-0.2, 0) is 9.13 Å². The summed E-state index contributed by atoms with van der Waals surface area (Å²) in [6.45, 7) is 7.90. The van der Waals surface area contributed by atoms with Gasteiger partial charge in [-0.25, -0.2) is 0 Å². The molecule has 1 unspecified atom stereocenters. The van der Waals surface area contributed by atoms with Gasteiger partial charge in [0.05, 0.1) is 0 Å². The third kappa shape index (κ3) is 4.08. The lowest BCUT2D eigenvalue weighted by Gasteiger charge is -2.50. The molecule has 1 aliphatic heterocycles. The van der Waals surface area contributed by atoms with Gasteiger partial charge in [0.15, 0.2) is 0 Å². The maximum absolute atomic E-state index is 11.6. The first-order chi connectivity index (χ1) is 8.78. The molecule has 4 N–H and O–H groups in total. The second-order valence-electron chi connectivity index (χ2n) is 5.90. The van der Waals surface area contributed by atoms with E-state index in [0.717, 1.165) is 0 Å². The van der Waals surface area contributed by atoms with Crippen LogP contribution in [0.5, 0.6) is 0 Å². The normalized spacial score (nSPS) is 25.4. The van der Waals surface area contributed by atoms with E-state index in [1.54, 1.807) is 11.8 Å². The standard InChI is InChI=1S/C10H23NO6P2S/c1-7(2)8-10(3,4)20-6-5-11(8)9(18(12,13)14)19(15,16)17/h7-9H,5-6H2,1-4H3,(H2,12,13,14)(H2,15,16,17). The van der Waals surface area contributed by atoms with Crippen molar-refractivity contribution < 1.29 is 28.7 Å². The highest BCUT2D eigenvalue weighted by Gasteiger charge is 2.54. The lowest BCUT2D eigenvalue weighted by molar-refractivity contribution is 0.115. The van der Waals surface area contributed by atoms with Crippen molar-refractivity contribution in [2.45, 2.75) is 44.0 Å². The summed E-state index contributed by atoms with van der Waals surface area (Å²) in [6, 6.07) is -0.327. The molecular formula is C10H23NO6P2S. The smallest absolute Gasteiger partial charge is 0.323 e. The first-order valence-electron chi connectivity index (χ1n) is 6.28. The lowest BCUT2D eigenvalue weighted by atomic mass is 9.91. The Morgan fingerprint density at radius 2 is 1.60 bits per heavy atom. The summed E-state index contributed by atoms with van der Waals surface area (Å²) in [5, 5.41) is 0. The summed E-state index contributed by atoms with van der Waals surface area (Å²) in [4.78, 5) is 38.9. The average molecular weight is 347 g/mol. The molecular weight excluding hydrogens is 324 g/mol. The number of hydrogen-bond donors (Lipinski definition) is 4. The second-order valence-corrected chi connectivity index (χ2v) is 11.4. The van der Waals surface area contributed by atoms with E-state index in [1.807, 2.05) is 27.7 Å². The lowest BCUT2D eigenvalue weighted by Crippen LogP contribution is -2.58. The minimum Gasteiger partial charge on any atom is -0.323 e. The van der Waals surface area contributed by atoms with E-state index in [1.165, 1.54) is 4.90 Å². The fourth-order valence-electron chi connectivity index (χ4n) is 3.07. The highest BCUT2D eigenvalue weighted by atomic mass is 32.2. The summed E-state index contributed by atoms with van der Waals surface area (Å²) >= 11 is 1.65. The fourth-order valence-corrected chi connectivity index (χ4v) is 7.33. The highest BCUT2D eigenvalue weighted by Crippen LogP contribution is 2.63. The molecule has 20 heavy (non-hydrogen) atoms. The summed E-state index contributed by atoms with van der Waals surface area (Å²) in [5.41, 5.74) is -2.05. The third-order valence-corrected chi connectivity index (χ3v) is 8.40. The van der Waals surface area contributed by atoms with Crippen LogP contribution in [0, 0.1) is 5.92 Å². The second kappa shape index (κ2) is 6.01. The van der Waals surface area contributed by atoms with Crippen molar-refractivity contribution in [1.29, 1.82) is 0 Å². The van der Waals surface area contributed by atoms with E-state index in [-0.39, 0.29) is 23.3 Å². The minimum atomic E-state index is -4.95. The molecule has 0 bridgehead atoms. The molecule has 1 saturated heterocycles. The molecule has 0 radical (unpaired) electrons. The predicted molar refractivity (Wildman–Crippen MR) is 79.7 cm³/mol. The molecule has 1 fully saturated rings. The molecule has 0 aromatic carbocycles. The number of thioether (sulfide) groups is 1. The summed E-state index contributed by atoms with van der Waals surface area (Å²) < 4.78 is 22.9. The molecule has 0 amide bonds. The molecule has 0 spiro atoms.